The molecule has 2 N–H and O–H groups in total. The number of unbranched alkanes of at least 4 members (excludes halogenated alkanes) is 24. The average molecular weight is 883 g/mol. The summed E-state index contributed by atoms with van der Waals surface area (Å²) in [4.78, 5) is 31.9. The number of carbonyl (C=O) groups is 3. The molecule has 0 aromatic rings. The summed E-state index contributed by atoms with van der Waals surface area (Å²) in [6.07, 6.45) is 68.6. The minimum absolute atomic E-state index is 0.0236. The predicted molar refractivity (Wildman–Crippen MR) is 275 cm³/mol. The van der Waals surface area contributed by atoms with Crippen molar-refractivity contribution in [3.8, 4) is 0 Å². The standard InChI is InChI=1S/C21H40O2.C18H32O2.C18H30O2/c1-3-5-6-7-8-9-10-11-12-13-14-15-16-17-18-19-21(22)23-20-4-2;2*1-2-3-4-5-6-7-8-9-10-11-12-13-14-15-16-17-18(19)20/h11-12H,3-10,13-20H2,1-2H3;6-7,9-10H,2-5,8,11-17H2,1H3,(H,19,20);6-7,9-10,12-13H,2-5,8,11,14-17H2,1H3,(H,19,20)/b12-11+;7-6+,10-9+;7-6+,10-9+,13-12+. The maximum Gasteiger partial charge on any atom is 0.305 e. The van der Waals surface area contributed by atoms with E-state index in [1.165, 1.54) is 141 Å². The van der Waals surface area contributed by atoms with E-state index >= 15 is 0 Å². The number of aliphatic carboxylic acids is 2. The SMILES string of the molecule is CCCCC/C=C/C/C=C/C/C=C/CCCCC(=O)O.CCCCC/C=C/C/C=C/CCCCCCCC(=O)O.CCCCCCCC/C=C/CCCCCCCC(=O)OCCC. The van der Waals surface area contributed by atoms with Crippen molar-refractivity contribution in [1.29, 1.82) is 0 Å². The first-order valence-corrected chi connectivity index (χ1v) is 26.3. The van der Waals surface area contributed by atoms with Crippen LogP contribution in [0.25, 0.3) is 0 Å². The van der Waals surface area contributed by atoms with Gasteiger partial charge in [0.05, 0.1) is 6.61 Å². The molecule has 0 aliphatic carbocycles. The molecule has 0 aliphatic heterocycles. The maximum atomic E-state index is 11.3. The molecule has 0 fully saturated rings. The van der Waals surface area contributed by atoms with Gasteiger partial charge in [-0.15, -0.1) is 0 Å². The number of esters is 1. The molecule has 0 radical (unpaired) electrons. The average Bonchev–Trinajstić information content (AvgIpc) is 3.27. The van der Waals surface area contributed by atoms with E-state index in [9.17, 15) is 14.4 Å². The Hall–Kier alpha value is -3.15. The summed E-state index contributed by atoms with van der Waals surface area (Å²) in [7, 11) is 0. The Labute approximate surface area is 390 Å². The highest BCUT2D eigenvalue weighted by Crippen LogP contribution is 2.11. The molecule has 0 aliphatic rings. The van der Waals surface area contributed by atoms with Gasteiger partial charge in [0.2, 0.25) is 0 Å². The molecule has 0 atom stereocenters. The molecule has 0 rings (SSSR count). The van der Waals surface area contributed by atoms with E-state index < -0.39 is 11.9 Å². The lowest BCUT2D eigenvalue weighted by Gasteiger charge is -2.03. The summed E-state index contributed by atoms with van der Waals surface area (Å²) >= 11 is 0. The van der Waals surface area contributed by atoms with Crippen LogP contribution in [0, 0.1) is 0 Å². The van der Waals surface area contributed by atoms with Crippen LogP contribution in [0.5, 0.6) is 0 Å². The number of carbonyl (C=O) groups excluding carboxylic acids is 1. The second kappa shape index (κ2) is 60.9. The third kappa shape index (κ3) is 70.7. The van der Waals surface area contributed by atoms with Gasteiger partial charge in [-0.1, -0.05) is 197 Å². The van der Waals surface area contributed by atoms with Gasteiger partial charge in [0.1, 0.15) is 0 Å². The Bertz CT molecular complexity index is 1110. The van der Waals surface area contributed by atoms with Crippen LogP contribution in [-0.4, -0.2) is 34.7 Å². The van der Waals surface area contributed by atoms with Crippen LogP contribution >= 0.6 is 0 Å². The summed E-state index contributed by atoms with van der Waals surface area (Å²) < 4.78 is 5.06. The quantitative estimate of drug-likeness (QED) is 0.0359. The molecule has 0 heterocycles. The summed E-state index contributed by atoms with van der Waals surface area (Å²) in [6, 6.07) is 0. The fraction of sp³-hybridized carbons (Fsp3) is 0.737. The largest absolute Gasteiger partial charge is 0.481 e. The molecule has 366 valence electrons. The van der Waals surface area contributed by atoms with E-state index in [-0.39, 0.29) is 5.97 Å². The van der Waals surface area contributed by atoms with E-state index in [0.717, 1.165) is 77.0 Å². The van der Waals surface area contributed by atoms with Crippen molar-refractivity contribution in [2.45, 2.75) is 265 Å². The third-order valence-electron chi connectivity index (χ3n) is 10.5. The van der Waals surface area contributed by atoms with Crippen LogP contribution in [0.2, 0.25) is 0 Å². The van der Waals surface area contributed by atoms with E-state index in [2.05, 4.69) is 93.7 Å². The first kappa shape index (κ1) is 64.1. The van der Waals surface area contributed by atoms with Crippen molar-refractivity contribution in [3.63, 3.8) is 0 Å². The molecule has 0 aromatic carbocycles. The van der Waals surface area contributed by atoms with Gasteiger partial charge in [-0.25, -0.2) is 0 Å². The van der Waals surface area contributed by atoms with Crippen LogP contribution < -0.4 is 0 Å². The molecule has 0 saturated heterocycles. The smallest absolute Gasteiger partial charge is 0.305 e. The maximum absolute atomic E-state index is 11.3. The monoisotopic (exact) mass is 883 g/mol. The lowest BCUT2D eigenvalue weighted by Crippen LogP contribution is -2.04. The fourth-order valence-corrected chi connectivity index (χ4v) is 6.54. The highest BCUT2D eigenvalue weighted by Gasteiger charge is 2.01. The summed E-state index contributed by atoms with van der Waals surface area (Å²) in [6.45, 7) is 9.33. The van der Waals surface area contributed by atoms with Crippen LogP contribution in [-0.2, 0) is 19.1 Å². The summed E-state index contributed by atoms with van der Waals surface area (Å²) in [5.74, 6) is -1.39. The van der Waals surface area contributed by atoms with Gasteiger partial charge in [0, 0.05) is 19.3 Å². The second-order valence-corrected chi connectivity index (χ2v) is 17.0. The van der Waals surface area contributed by atoms with Crippen molar-refractivity contribution in [3.05, 3.63) is 72.9 Å². The number of hydrogen-bond acceptors (Lipinski definition) is 4. The molecule has 0 bridgehead atoms. The number of carboxylic acid groups (broad SMARTS) is 2. The van der Waals surface area contributed by atoms with Gasteiger partial charge >= 0.3 is 17.9 Å². The van der Waals surface area contributed by atoms with Gasteiger partial charge in [-0.2, -0.15) is 0 Å². The number of hydrogen-bond donors (Lipinski definition) is 2. The molecular formula is C57H102O6. The number of allylic oxidation sites excluding steroid dienone is 12. The third-order valence-corrected chi connectivity index (χ3v) is 10.5. The lowest BCUT2D eigenvalue weighted by atomic mass is 10.1. The van der Waals surface area contributed by atoms with Crippen LogP contribution in [0.4, 0.5) is 0 Å². The summed E-state index contributed by atoms with van der Waals surface area (Å²) in [5.41, 5.74) is 0. The van der Waals surface area contributed by atoms with Crippen LogP contribution in [0.1, 0.15) is 265 Å². The van der Waals surface area contributed by atoms with Crippen molar-refractivity contribution < 1.29 is 29.3 Å². The van der Waals surface area contributed by atoms with Gasteiger partial charge in [-0.05, 0) is 122 Å². The van der Waals surface area contributed by atoms with Crippen molar-refractivity contribution in [1.82, 2.24) is 0 Å². The predicted octanol–water partition coefficient (Wildman–Crippen LogP) is 18.5. The first-order valence-electron chi connectivity index (χ1n) is 26.3. The van der Waals surface area contributed by atoms with Crippen LogP contribution in [0.15, 0.2) is 72.9 Å². The molecule has 6 nitrogen and oxygen atoms in total. The highest BCUT2D eigenvalue weighted by atomic mass is 16.5. The topological polar surface area (TPSA) is 101 Å². The highest BCUT2D eigenvalue weighted by molar-refractivity contribution is 5.69. The number of carboxylic acids is 2. The first-order chi connectivity index (χ1) is 30.8. The molecule has 0 aromatic heterocycles. The minimum Gasteiger partial charge on any atom is -0.481 e. The minimum atomic E-state index is -0.695. The number of rotatable bonds is 44. The Kier molecular flexibility index (Phi) is 62.0. The zero-order valence-corrected chi connectivity index (χ0v) is 41.8. The summed E-state index contributed by atoms with van der Waals surface area (Å²) in [5, 5.41) is 17.0. The molecule has 63 heavy (non-hydrogen) atoms. The van der Waals surface area contributed by atoms with Gasteiger partial charge < -0.3 is 14.9 Å². The van der Waals surface area contributed by atoms with Gasteiger partial charge in [0.25, 0.3) is 0 Å². The molecule has 0 unspecified atom stereocenters. The van der Waals surface area contributed by atoms with Crippen molar-refractivity contribution >= 4 is 17.9 Å². The molecule has 0 amide bonds. The normalized spacial score (nSPS) is 11.6. The Morgan fingerprint density at radius 1 is 0.317 bits per heavy atom. The Morgan fingerprint density at radius 2 is 0.571 bits per heavy atom. The lowest BCUT2D eigenvalue weighted by molar-refractivity contribution is -0.144. The Morgan fingerprint density at radius 3 is 0.937 bits per heavy atom. The van der Waals surface area contributed by atoms with Crippen molar-refractivity contribution in [2.75, 3.05) is 6.61 Å². The van der Waals surface area contributed by atoms with E-state index in [0.29, 0.717) is 25.9 Å². The van der Waals surface area contributed by atoms with Gasteiger partial charge in [0.15, 0.2) is 0 Å². The van der Waals surface area contributed by atoms with E-state index in [1.54, 1.807) is 0 Å². The van der Waals surface area contributed by atoms with Crippen LogP contribution in [0.3, 0.4) is 0 Å². The Balaban J connectivity index is -0.000000860. The molecule has 0 saturated carbocycles. The zero-order chi connectivity index (χ0) is 46.8. The second-order valence-electron chi connectivity index (χ2n) is 17.0. The fourth-order valence-electron chi connectivity index (χ4n) is 6.54. The molecule has 0 spiro atoms. The zero-order valence-electron chi connectivity index (χ0n) is 41.8. The molecule has 6 heteroatoms. The van der Waals surface area contributed by atoms with E-state index in [4.69, 9.17) is 14.9 Å². The molecular weight excluding hydrogens is 781 g/mol. The number of ether oxygens (including phenoxy) is 1. The van der Waals surface area contributed by atoms with Gasteiger partial charge in [-0.3, -0.25) is 14.4 Å². The van der Waals surface area contributed by atoms with Crippen molar-refractivity contribution in [2.24, 2.45) is 0 Å². The van der Waals surface area contributed by atoms with E-state index in [1.807, 2.05) is 6.92 Å².